The van der Waals surface area contributed by atoms with Crippen LogP contribution in [0.15, 0.2) is 17.5 Å². The number of rotatable bonds is 5. The zero-order valence-electron chi connectivity index (χ0n) is 19.4. The van der Waals surface area contributed by atoms with Crippen LogP contribution in [0.25, 0.3) is 11.1 Å². The third-order valence-corrected chi connectivity index (χ3v) is 8.03. The number of carboxylic acid groups (broad SMARTS) is 1. The summed E-state index contributed by atoms with van der Waals surface area (Å²) in [6.07, 6.45) is 3.82. The van der Waals surface area contributed by atoms with Gasteiger partial charge in [-0.1, -0.05) is 0 Å². The van der Waals surface area contributed by atoms with E-state index >= 15 is 0 Å². The van der Waals surface area contributed by atoms with Crippen LogP contribution in [-0.4, -0.2) is 46.0 Å². The minimum Gasteiger partial charge on any atom is -0.477 e. The molecule has 33 heavy (non-hydrogen) atoms. The van der Waals surface area contributed by atoms with Crippen molar-refractivity contribution in [3.05, 3.63) is 43.3 Å². The highest BCUT2D eigenvalue weighted by molar-refractivity contribution is 7.14. The number of nitrogens with zero attached hydrogens (tertiary/aromatic N) is 1. The van der Waals surface area contributed by atoms with E-state index in [1.54, 1.807) is 11.0 Å². The maximum absolute atomic E-state index is 13.4. The molecule has 1 N–H and O–H groups in total. The minimum atomic E-state index is -0.905. The average molecular weight is 488 g/mol. The fraction of sp³-hybridized carbons (Fsp3) is 0.480. The second kappa shape index (κ2) is 9.06. The van der Waals surface area contributed by atoms with Gasteiger partial charge < -0.3 is 9.84 Å². The average Bonchev–Trinajstić information content (AvgIpc) is 3.49. The topological polar surface area (TPSA) is 83.9 Å². The number of likely N-dealkylation sites (tertiary alicyclic amines) is 1. The Morgan fingerprint density at radius 2 is 1.82 bits per heavy atom. The van der Waals surface area contributed by atoms with Crippen molar-refractivity contribution < 1.29 is 24.2 Å². The first-order valence-corrected chi connectivity index (χ1v) is 12.9. The number of ether oxygens (including phenoxy) is 1. The quantitative estimate of drug-likeness (QED) is 0.487. The van der Waals surface area contributed by atoms with Crippen LogP contribution in [-0.2, 0) is 4.74 Å². The Kier molecular flexibility index (Phi) is 6.51. The van der Waals surface area contributed by atoms with Gasteiger partial charge in [0, 0.05) is 11.4 Å². The number of ketones is 1. The third-order valence-electron chi connectivity index (χ3n) is 6.05. The van der Waals surface area contributed by atoms with Crippen LogP contribution < -0.4 is 0 Å². The number of amides is 1. The molecule has 3 heterocycles. The summed E-state index contributed by atoms with van der Waals surface area (Å²) in [5.41, 5.74) is 3.81. The first-order valence-electron chi connectivity index (χ1n) is 11.2. The van der Waals surface area contributed by atoms with Crippen LogP contribution in [0.1, 0.15) is 88.2 Å². The predicted molar refractivity (Wildman–Crippen MR) is 131 cm³/mol. The molecule has 0 aromatic carbocycles. The Balaban J connectivity index is 1.60. The second-order valence-electron chi connectivity index (χ2n) is 9.59. The van der Waals surface area contributed by atoms with Gasteiger partial charge in [-0.15, -0.1) is 22.7 Å². The first kappa shape index (κ1) is 23.7. The van der Waals surface area contributed by atoms with Crippen molar-refractivity contribution in [1.82, 2.24) is 4.90 Å². The van der Waals surface area contributed by atoms with E-state index in [0.717, 1.165) is 41.7 Å². The molecule has 2 aromatic heterocycles. The summed E-state index contributed by atoms with van der Waals surface area (Å²) in [5.74, 6) is -0.932. The van der Waals surface area contributed by atoms with Crippen molar-refractivity contribution >= 4 is 51.7 Å². The maximum atomic E-state index is 13.4. The Morgan fingerprint density at radius 1 is 1.09 bits per heavy atom. The number of aryl methyl sites for hydroxylation is 1. The molecule has 0 spiro atoms. The van der Waals surface area contributed by atoms with Crippen molar-refractivity contribution in [2.45, 2.75) is 71.4 Å². The van der Waals surface area contributed by atoms with Gasteiger partial charge in [0.25, 0.3) is 0 Å². The number of hydrogen-bond donors (Lipinski definition) is 1. The van der Waals surface area contributed by atoms with Crippen molar-refractivity contribution in [1.29, 1.82) is 0 Å². The molecule has 1 aliphatic carbocycles. The molecule has 2 aromatic rings. The molecule has 8 heteroatoms. The molecular weight excluding hydrogens is 458 g/mol. The fourth-order valence-electron chi connectivity index (χ4n) is 4.61. The SMILES string of the molecule is Cc1sc(C(=O)[C@@H]2CCCN2C(=O)OC(C)(C)C)cc1C1=C(c2csc(C(=O)O)c2)CCC1. The van der Waals surface area contributed by atoms with Crippen LogP contribution in [0.3, 0.4) is 0 Å². The molecule has 1 amide bonds. The maximum Gasteiger partial charge on any atom is 0.410 e. The number of thiophene rings is 2. The smallest absolute Gasteiger partial charge is 0.410 e. The molecule has 0 unspecified atom stereocenters. The number of aromatic carboxylic acids is 1. The van der Waals surface area contributed by atoms with Crippen molar-refractivity contribution in [3.8, 4) is 0 Å². The molecule has 6 nitrogen and oxygen atoms in total. The first-order chi connectivity index (χ1) is 15.5. The van der Waals surface area contributed by atoms with Crippen molar-refractivity contribution in [3.63, 3.8) is 0 Å². The summed E-state index contributed by atoms with van der Waals surface area (Å²) >= 11 is 2.72. The van der Waals surface area contributed by atoms with Crippen LogP contribution in [0.5, 0.6) is 0 Å². The summed E-state index contributed by atoms with van der Waals surface area (Å²) in [6.45, 7) is 8.03. The van der Waals surface area contributed by atoms with E-state index < -0.39 is 23.7 Å². The van der Waals surface area contributed by atoms with Gasteiger partial charge in [0.2, 0.25) is 0 Å². The fourth-order valence-corrected chi connectivity index (χ4v) is 6.41. The normalized spacial score (nSPS) is 18.8. The summed E-state index contributed by atoms with van der Waals surface area (Å²) in [5, 5.41) is 11.2. The lowest BCUT2D eigenvalue weighted by molar-refractivity contribution is 0.0223. The Morgan fingerprint density at radius 3 is 2.48 bits per heavy atom. The summed E-state index contributed by atoms with van der Waals surface area (Å²) in [4.78, 5) is 41.0. The Labute approximate surface area is 201 Å². The lowest BCUT2D eigenvalue weighted by Gasteiger charge is -2.27. The molecule has 1 saturated heterocycles. The molecule has 0 radical (unpaired) electrons. The van der Waals surface area contributed by atoms with Gasteiger partial charge in [0.05, 0.1) is 10.9 Å². The van der Waals surface area contributed by atoms with E-state index in [1.807, 2.05) is 39.1 Å². The third kappa shape index (κ3) is 4.92. The number of carboxylic acids is 1. The zero-order valence-corrected chi connectivity index (χ0v) is 21.0. The van der Waals surface area contributed by atoms with Gasteiger partial charge in [0.1, 0.15) is 10.5 Å². The number of allylic oxidation sites excluding steroid dienone is 2. The molecule has 4 rings (SSSR count). The standard InChI is InChI=1S/C25H29NO5S2/c1-14-18(17-8-5-7-16(17)15-11-21(23(28)29)32-13-15)12-20(33-14)22(27)19-9-6-10-26(19)24(30)31-25(2,3)4/h11-13,19H,5-10H2,1-4H3,(H,28,29)/t19-/m0/s1. The summed E-state index contributed by atoms with van der Waals surface area (Å²) in [7, 11) is 0. The number of hydrogen-bond acceptors (Lipinski definition) is 6. The van der Waals surface area contributed by atoms with Crippen molar-refractivity contribution in [2.24, 2.45) is 0 Å². The van der Waals surface area contributed by atoms with Gasteiger partial charge in [-0.25, -0.2) is 9.59 Å². The van der Waals surface area contributed by atoms with E-state index in [0.29, 0.717) is 22.7 Å². The Bertz CT molecular complexity index is 1130. The monoisotopic (exact) mass is 487 g/mol. The highest BCUT2D eigenvalue weighted by Crippen LogP contribution is 2.44. The highest BCUT2D eigenvalue weighted by atomic mass is 32.1. The van der Waals surface area contributed by atoms with E-state index in [9.17, 15) is 19.5 Å². The van der Waals surface area contributed by atoms with Crippen LogP contribution in [0, 0.1) is 6.92 Å². The van der Waals surface area contributed by atoms with Gasteiger partial charge in [-0.05, 0) is 99.6 Å². The lowest BCUT2D eigenvalue weighted by atomic mass is 9.98. The summed E-state index contributed by atoms with van der Waals surface area (Å²) in [6, 6.07) is 3.23. The molecule has 0 saturated carbocycles. The van der Waals surface area contributed by atoms with Crippen LogP contribution in [0.4, 0.5) is 4.79 Å². The van der Waals surface area contributed by atoms with Crippen LogP contribution in [0.2, 0.25) is 0 Å². The zero-order chi connectivity index (χ0) is 23.9. The predicted octanol–water partition coefficient (Wildman–Crippen LogP) is 6.49. The van der Waals surface area contributed by atoms with E-state index in [1.165, 1.54) is 33.8 Å². The van der Waals surface area contributed by atoms with Gasteiger partial charge in [-0.3, -0.25) is 9.69 Å². The number of carbonyl (C=O) groups is 3. The molecule has 176 valence electrons. The summed E-state index contributed by atoms with van der Waals surface area (Å²) < 4.78 is 5.52. The van der Waals surface area contributed by atoms with Crippen molar-refractivity contribution in [2.75, 3.05) is 6.54 Å². The van der Waals surface area contributed by atoms with Gasteiger partial charge in [0.15, 0.2) is 5.78 Å². The Hall–Kier alpha value is -2.45. The largest absolute Gasteiger partial charge is 0.477 e. The molecule has 1 atom stereocenters. The van der Waals surface area contributed by atoms with E-state index in [-0.39, 0.29) is 5.78 Å². The molecular formula is C25H29NO5S2. The van der Waals surface area contributed by atoms with E-state index in [2.05, 4.69) is 0 Å². The van der Waals surface area contributed by atoms with Gasteiger partial charge in [-0.2, -0.15) is 0 Å². The van der Waals surface area contributed by atoms with Crippen LogP contribution >= 0.6 is 22.7 Å². The highest BCUT2D eigenvalue weighted by Gasteiger charge is 2.38. The number of Topliss-reactive ketones (excluding diaryl/α,β-unsaturated/α-hetero) is 1. The molecule has 0 bridgehead atoms. The van der Waals surface area contributed by atoms with Gasteiger partial charge >= 0.3 is 12.1 Å². The molecule has 1 fully saturated rings. The van der Waals surface area contributed by atoms with E-state index in [4.69, 9.17) is 4.74 Å². The molecule has 1 aliphatic heterocycles. The number of carbonyl (C=O) groups excluding carboxylic acids is 2. The lowest BCUT2D eigenvalue weighted by Crippen LogP contribution is -2.43. The second-order valence-corrected chi connectivity index (χ2v) is 11.8. The minimum absolute atomic E-state index is 0.0263. The molecule has 2 aliphatic rings.